The van der Waals surface area contributed by atoms with Crippen LogP contribution in [-0.2, 0) is 7.05 Å². The Kier molecular flexibility index (Phi) is 3.30. The Morgan fingerprint density at radius 1 is 1.32 bits per heavy atom. The maximum atomic E-state index is 12.2. The monoisotopic (exact) mass is 296 g/mol. The second kappa shape index (κ2) is 5.28. The van der Waals surface area contributed by atoms with Gasteiger partial charge in [0.05, 0.1) is 28.5 Å². The van der Waals surface area contributed by atoms with Gasteiger partial charge >= 0.3 is 0 Å². The minimum Gasteiger partial charge on any atom is -0.340 e. The number of nitro groups is 1. The van der Waals surface area contributed by atoms with Crippen LogP contribution in [0, 0.1) is 10.1 Å². The third-order valence-electron chi connectivity index (χ3n) is 3.28. The van der Waals surface area contributed by atoms with E-state index in [2.05, 4.69) is 10.3 Å². The fourth-order valence-electron chi connectivity index (χ4n) is 2.21. The van der Waals surface area contributed by atoms with Crippen molar-refractivity contribution in [2.24, 2.45) is 7.05 Å². The van der Waals surface area contributed by atoms with Gasteiger partial charge in [-0.1, -0.05) is 18.2 Å². The molecule has 1 amide bonds. The van der Waals surface area contributed by atoms with E-state index in [0.717, 1.165) is 10.9 Å². The topological polar surface area (TPSA) is 90.1 Å². The molecule has 0 saturated carbocycles. The maximum absolute atomic E-state index is 12.2. The number of amides is 1. The van der Waals surface area contributed by atoms with Crippen LogP contribution in [0.15, 0.2) is 48.8 Å². The quantitative estimate of drug-likeness (QED) is 0.594. The maximum Gasteiger partial charge on any atom is 0.287 e. The van der Waals surface area contributed by atoms with Gasteiger partial charge in [-0.3, -0.25) is 19.9 Å². The van der Waals surface area contributed by atoms with Gasteiger partial charge in [0.25, 0.3) is 11.6 Å². The Hall–Kier alpha value is -3.22. The van der Waals surface area contributed by atoms with Crippen molar-refractivity contribution in [2.75, 3.05) is 5.32 Å². The van der Waals surface area contributed by atoms with Crippen LogP contribution in [0.5, 0.6) is 0 Å². The molecule has 0 aliphatic heterocycles. The zero-order chi connectivity index (χ0) is 15.7. The van der Waals surface area contributed by atoms with E-state index < -0.39 is 10.8 Å². The summed E-state index contributed by atoms with van der Waals surface area (Å²) in [7, 11) is 1.58. The molecular formula is C15H12N4O3. The molecule has 3 aromatic rings. The number of aromatic nitrogens is 2. The molecule has 2 aromatic heterocycles. The number of anilines is 1. The fourth-order valence-corrected chi connectivity index (χ4v) is 2.21. The first kappa shape index (κ1) is 13.7. The molecule has 0 fully saturated rings. The first-order valence-corrected chi connectivity index (χ1v) is 6.51. The third-order valence-corrected chi connectivity index (χ3v) is 3.28. The summed E-state index contributed by atoms with van der Waals surface area (Å²) in [4.78, 5) is 26.7. The second-order valence-electron chi connectivity index (χ2n) is 4.82. The number of rotatable bonds is 3. The zero-order valence-electron chi connectivity index (χ0n) is 11.7. The summed E-state index contributed by atoms with van der Waals surface area (Å²) in [5, 5.41) is 14.3. The zero-order valence-corrected chi connectivity index (χ0v) is 11.7. The van der Waals surface area contributed by atoms with Gasteiger partial charge in [0.2, 0.25) is 0 Å². The molecular weight excluding hydrogens is 284 g/mol. The van der Waals surface area contributed by atoms with Gasteiger partial charge in [0.15, 0.2) is 0 Å². The van der Waals surface area contributed by atoms with Crippen molar-refractivity contribution in [3.63, 3.8) is 0 Å². The first-order valence-electron chi connectivity index (χ1n) is 6.51. The van der Waals surface area contributed by atoms with E-state index in [-0.39, 0.29) is 11.4 Å². The van der Waals surface area contributed by atoms with Crippen molar-refractivity contribution in [1.29, 1.82) is 0 Å². The summed E-state index contributed by atoms with van der Waals surface area (Å²) in [6.07, 6.45) is 2.85. The van der Waals surface area contributed by atoms with Crippen molar-refractivity contribution >= 4 is 28.2 Å². The van der Waals surface area contributed by atoms with Gasteiger partial charge in [0, 0.05) is 18.5 Å². The Morgan fingerprint density at radius 2 is 2.09 bits per heavy atom. The molecule has 0 bridgehead atoms. The number of carbonyl (C=O) groups is 1. The second-order valence-corrected chi connectivity index (χ2v) is 4.82. The molecule has 22 heavy (non-hydrogen) atoms. The highest BCUT2D eigenvalue weighted by Gasteiger charge is 2.17. The van der Waals surface area contributed by atoms with E-state index in [1.165, 1.54) is 16.8 Å². The van der Waals surface area contributed by atoms with Crippen LogP contribution in [0.4, 0.5) is 11.4 Å². The predicted molar refractivity (Wildman–Crippen MR) is 81.8 cm³/mol. The highest BCUT2D eigenvalue weighted by Crippen LogP contribution is 2.19. The number of hydrogen-bond acceptors (Lipinski definition) is 4. The smallest absolute Gasteiger partial charge is 0.287 e. The molecule has 0 saturated heterocycles. The number of hydrogen-bond donors (Lipinski definition) is 1. The van der Waals surface area contributed by atoms with Crippen molar-refractivity contribution in [3.8, 4) is 0 Å². The average Bonchev–Trinajstić information content (AvgIpc) is 2.89. The van der Waals surface area contributed by atoms with Crippen LogP contribution < -0.4 is 5.32 Å². The van der Waals surface area contributed by atoms with E-state index >= 15 is 0 Å². The molecule has 1 aromatic carbocycles. The summed E-state index contributed by atoms with van der Waals surface area (Å²) in [5.74, 6) is -0.423. The van der Waals surface area contributed by atoms with Crippen LogP contribution in [-0.4, -0.2) is 20.4 Å². The van der Waals surface area contributed by atoms with Crippen LogP contribution >= 0.6 is 0 Å². The molecule has 0 spiro atoms. The van der Waals surface area contributed by atoms with Crippen LogP contribution in [0.1, 0.15) is 10.5 Å². The largest absolute Gasteiger partial charge is 0.340 e. The third kappa shape index (κ3) is 2.51. The van der Waals surface area contributed by atoms with Gasteiger partial charge in [0.1, 0.15) is 5.69 Å². The normalized spacial score (nSPS) is 10.6. The average molecular weight is 296 g/mol. The number of para-hydroxylation sites is 1. The molecule has 0 aliphatic carbocycles. The minimum atomic E-state index is -0.533. The molecule has 2 heterocycles. The molecule has 0 unspecified atom stereocenters. The standard InChI is InChI=1S/C15H12N4O3/c1-18-9-12(19(21)22)7-14(18)15(20)17-11-6-10-4-2-3-5-13(10)16-8-11/h2-9H,1H3,(H,17,20). The van der Waals surface area contributed by atoms with E-state index in [9.17, 15) is 14.9 Å². The van der Waals surface area contributed by atoms with Crippen molar-refractivity contribution in [1.82, 2.24) is 9.55 Å². The summed E-state index contributed by atoms with van der Waals surface area (Å²) in [6, 6.07) is 10.6. The van der Waals surface area contributed by atoms with E-state index in [1.54, 1.807) is 19.3 Å². The van der Waals surface area contributed by atoms with E-state index in [0.29, 0.717) is 5.69 Å². The molecule has 1 N–H and O–H groups in total. The first-order chi connectivity index (χ1) is 10.5. The van der Waals surface area contributed by atoms with E-state index in [4.69, 9.17) is 0 Å². The number of pyridine rings is 1. The van der Waals surface area contributed by atoms with Gasteiger partial charge in [-0.25, -0.2) is 0 Å². The summed E-state index contributed by atoms with van der Waals surface area (Å²) in [5.41, 5.74) is 1.45. The summed E-state index contributed by atoms with van der Waals surface area (Å²) < 4.78 is 1.42. The molecule has 3 rings (SSSR count). The molecule has 0 radical (unpaired) electrons. The lowest BCUT2D eigenvalue weighted by Crippen LogP contribution is -2.15. The van der Waals surface area contributed by atoms with Crippen molar-refractivity contribution < 1.29 is 9.72 Å². The number of carbonyl (C=O) groups excluding carboxylic acids is 1. The number of nitrogens with one attached hydrogen (secondary N) is 1. The van der Waals surface area contributed by atoms with Gasteiger partial charge in [-0.15, -0.1) is 0 Å². The van der Waals surface area contributed by atoms with Gasteiger partial charge < -0.3 is 9.88 Å². The van der Waals surface area contributed by atoms with Crippen LogP contribution in [0.2, 0.25) is 0 Å². The Balaban J connectivity index is 1.88. The number of fused-ring (bicyclic) bond motifs is 1. The lowest BCUT2D eigenvalue weighted by Gasteiger charge is -2.06. The van der Waals surface area contributed by atoms with Crippen LogP contribution in [0.3, 0.4) is 0 Å². The Labute approximate surface area is 125 Å². The van der Waals surface area contributed by atoms with Crippen LogP contribution in [0.25, 0.3) is 10.9 Å². The number of nitrogens with zero attached hydrogens (tertiary/aromatic N) is 3. The lowest BCUT2D eigenvalue weighted by molar-refractivity contribution is -0.384. The molecule has 110 valence electrons. The Morgan fingerprint density at radius 3 is 2.82 bits per heavy atom. The number of benzene rings is 1. The van der Waals surface area contributed by atoms with Crippen molar-refractivity contribution in [2.45, 2.75) is 0 Å². The Bertz CT molecular complexity index is 885. The fraction of sp³-hybridized carbons (Fsp3) is 0.0667. The van der Waals surface area contributed by atoms with E-state index in [1.807, 2.05) is 24.3 Å². The SMILES string of the molecule is Cn1cc([N+](=O)[O-])cc1C(=O)Nc1cnc2ccccc2c1. The lowest BCUT2D eigenvalue weighted by atomic mass is 10.2. The molecule has 7 nitrogen and oxygen atoms in total. The van der Waals surface area contributed by atoms with Gasteiger partial charge in [-0.05, 0) is 12.1 Å². The highest BCUT2D eigenvalue weighted by atomic mass is 16.6. The number of aryl methyl sites for hydroxylation is 1. The van der Waals surface area contributed by atoms with Gasteiger partial charge in [-0.2, -0.15) is 0 Å². The predicted octanol–water partition coefficient (Wildman–Crippen LogP) is 2.73. The van der Waals surface area contributed by atoms with Crippen molar-refractivity contribution in [3.05, 3.63) is 64.6 Å². The summed E-state index contributed by atoms with van der Waals surface area (Å²) >= 11 is 0. The molecule has 0 aliphatic rings. The molecule has 7 heteroatoms. The highest BCUT2D eigenvalue weighted by molar-refractivity contribution is 6.04. The molecule has 0 atom stereocenters. The summed E-state index contributed by atoms with van der Waals surface area (Å²) in [6.45, 7) is 0. The minimum absolute atomic E-state index is 0.121.